The molecule has 1 aromatic carbocycles. The zero-order chi connectivity index (χ0) is 12.6. The number of phenols is 1. The lowest BCUT2D eigenvalue weighted by Crippen LogP contribution is -1.98. The second-order valence-corrected chi connectivity index (χ2v) is 2.60. The maximum absolute atomic E-state index is 10.2. The number of aliphatic carboxylic acids is 1. The molecular formula is C10H12O6. The van der Waals surface area contributed by atoms with E-state index in [-0.39, 0.29) is 5.75 Å². The van der Waals surface area contributed by atoms with Gasteiger partial charge in [0.2, 0.25) is 0 Å². The number of rotatable bonds is 3. The van der Waals surface area contributed by atoms with Gasteiger partial charge in [0.1, 0.15) is 12.9 Å². The van der Waals surface area contributed by atoms with Gasteiger partial charge in [-0.3, -0.25) is 4.79 Å². The normalized spacial score (nSPS) is 8.62. The molecule has 0 bridgehead atoms. The predicted octanol–water partition coefficient (Wildman–Crippen LogP) is 0.277. The van der Waals surface area contributed by atoms with Crippen LogP contribution in [0.5, 0.6) is 11.5 Å². The fourth-order valence-corrected chi connectivity index (χ4v) is 0.768. The molecule has 0 saturated carbocycles. The Hall–Kier alpha value is -2.08. The number of carbonyl (C=O) groups excluding carboxylic acids is 1. The highest BCUT2D eigenvalue weighted by molar-refractivity contribution is 5.76. The molecule has 0 radical (unpaired) electrons. The number of aliphatic hydroxyl groups excluding tert-OH is 1. The number of aldehydes is 1. The minimum atomic E-state index is -1.19. The van der Waals surface area contributed by atoms with E-state index >= 15 is 0 Å². The highest BCUT2D eigenvalue weighted by atomic mass is 16.5. The molecule has 0 aliphatic rings. The van der Waals surface area contributed by atoms with Gasteiger partial charge in [0.05, 0.1) is 7.11 Å². The van der Waals surface area contributed by atoms with Crippen LogP contribution in [0, 0.1) is 0 Å². The van der Waals surface area contributed by atoms with Gasteiger partial charge in [-0.05, 0) is 18.2 Å². The first-order valence-electron chi connectivity index (χ1n) is 4.20. The zero-order valence-corrected chi connectivity index (χ0v) is 8.58. The Balaban J connectivity index is 0.000000385. The summed E-state index contributed by atoms with van der Waals surface area (Å²) in [7, 11) is 1.43. The van der Waals surface area contributed by atoms with Crippen LogP contribution in [0.2, 0.25) is 0 Å². The first-order chi connectivity index (χ1) is 7.54. The summed E-state index contributed by atoms with van der Waals surface area (Å²) in [6.07, 6.45) is 0.696. The Kier molecular flexibility index (Phi) is 6.30. The third kappa shape index (κ3) is 4.97. The molecular weight excluding hydrogens is 216 g/mol. The summed E-state index contributed by atoms with van der Waals surface area (Å²) >= 11 is 0. The molecule has 0 aliphatic carbocycles. The van der Waals surface area contributed by atoms with Gasteiger partial charge in [-0.15, -0.1) is 0 Å². The van der Waals surface area contributed by atoms with Crippen LogP contribution in [-0.2, 0) is 4.79 Å². The van der Waals surface area contributed by atoms with E-state index in [1.54, 1.807) is 0 Å². The van der Waals surface area contributed by atoms with E-state index in [1.165, 1.54) is 25.3 Å². The highest BCUT2D eigenvalue weighted by Gasteiger charge is 2.00. The molecule has 0 heterocycles. The van der Waals surface area contributed by atoms with Gasteiger partial charge < -0.3 is 20.1 Å². The lowest BCUT2D eigenvalue weighted by Gasteiger charge is -2.01. The molecule has 0 atom stereocenters. The maximum atomic E-state index is 10.2. The molecule has 0 aromatic heterocycles. The summed E-state index contributed by atoms with van der Waals surface area (Å²) < 4.78 is 4.78. The van der Waals surface area contributed by atoms with Crippen LogP contribution < -0.4 is 4.74 Å². The minimum absolute atomic E-state index is 0.0399. The van der Waals surface area contributed by atoms with Gasteiger partial charge in [-0.2, -0.15) is 0 Å². The largest absolute Gasteiger partial charge is 0.504 e. The van der Waals surface area contributed by atoms with Crippen molar-refractivity contribution >= 4 is 12.3 Å². The molecule has 3 N–H and O–H groups in total. The summed E-state index contributed by atoms with van der Waals surface area (Å²) in [5, 5.41) is 24.1. The number of carboxylic acid groups (broad SMARTS) is 1. The van der Waals surface area contributed by atoms with E-state index in [0.717, 1.165) is 0 Å². The smallest absolute Gasteiger partial charge is 0.329 e. The average molecular weight is 228 g/mol. The second-order valence-electron chi connectivity index (χ2n) is 2.60. The predicted molar refractivity (Wildman–Crippen MR) is 54.8 cm³/mol. The van der Waals surface area contributed by atoms with Crippen LogP contribution >= 0.6 is 0 Å². The van der Waals surface area contributed by atoms with Crippen LogP contribution in [0.3, 0.4) is 0 Å². The van der Waals surface area contributed by atoms with Crippen molar-refractivity contribution in [1.82, 2.24) is 0 Å². The van der Waals surface area contributed by atoms with E-state index < -0.39 is 12.6 Å². The lowest BCUT2D eigenvalue weighted by molar-refractivity contribution is -0.140. The summed E-state index contributed by atoms with van der Waals surface area (Å²) in [6, 6.07) is 4.41. The molecule has 1 aromatic rings. The fourth-order valence-electron chi connectivity index (χ4n) is 0.768. The molecule has 0 fully saturated rings. The Morgan fingerprint density at radius 2 is 2.06 bits per heavy atom. The number of phenolic OH excluding ortho intramolecular Hbond substituents is 1. The number of hydrogen-bond acceptors (Lipinski definition) is 5. The topological polar surface area (TPSA) is 104 Å². The van der Waals surface area contributed by atoms with E-state index in [0.29, 0.717) is 17.6 Å². The molecule has 0 aliphatic heterocycles. The molecule has 88 valence electrons. The third-order valence-electron chi connectivity index (χ3n) is 1.48. The summed E-state index contributed by atoms with van der Waals surface area (Å²) in [5.41, 5.74) is 0.486. The molecule has 6 heteroatoms. The number of methoxy groups -OCH3 is 1. The summed E-state index contributed by atoms with van der Waals surface area (Å²) in [6.45, 7) is -0.778. The minimum Gasteiger partial charge on any atom is -0.504 e. The van der Waals surface area contributed by atoms with Gasteiger partial charge in [0, 0.05) is 5.56 Å². The van der Waals surface area contributed by atoms with E-state index in [4.69, 9.17) is 24.9 Å². The second kappa shape index (κ2) is 7.24. The molecule has 16 heavy (non-hydrogen) atoms. The molecule has 0 amide bonds. The zero-order valence-electron chi connectivity index (χ0n) is 8.58. The fraction of sp³-hybridized carbons (Fsp3) is 0.200. The SMILES string of the molecule is COc1cc(C=O)ccc1O.O=C(O)CO. The number of benzene rings is 1. The van der Waals surface area contributed by atoms with Crippen molar-refractivity contribution in [2.45, 2.75) is 0 Å². The summed E-state index contributed by atoms with van der Waals surface area (Å²) in [5.74, 6) is -0.835. The average Bonchev–Trinajstić information content (AvgIpc) is 2.30. The third-order valence-corrected chi connectivity index (χ3v) is 1.48. The monoisotopic (exact) mass is 228 g/mol. The van der Waals surface area contributed by atoms with Crippen molar-refractivity contribution in [3.05, 3.63) is 23.8 Å². The van der Waals surface area contributed by atoms with Gasteiger partial charge in [-0.25, -0.2) is 4.79 Å². The first-order valence-corrected chi connectivity index (χ1v) is 4.20. The summed E-state index contributed by atoms with van der Waals surface area (Å²) in [4.78, 5) is 19.4. The Morgan fingerprint density at radius 1 is 1.50 bits per heavy atom. The standard InChI is InChI=1S/C8H8O3.C2H4O3/c1-11-8-4-6(5-9)2-3-7(8)10;3-1-2(4)5/h2-5,10H,1H3;3H,1H2,(H,4,5). The Morgan fingerprint density at radius 3 is 2.44 bits per heavy atom. The van der Waals surface area contributed by atoms with Crippen molar-refractivity contribution in [2.75, 3.05) is 13.7 Å². The Bertz CT molecular complexity index is 360. The Labute approximate surface area is 91.7 Å². The number of aliphatic hydroxyl groups is 1. The van der Waals surface area contributed by atoms with Crippen LogP contribution in [0.15, 0.2) is 18.2 Å². The van der Waals surface area contributed by atoms with Crippen LogP contribution in [-0.4, -0.2) is 41.3 Å². The quantitative estimate of drug-likeness (QED) is 0.642. The maximum Gasteiger partial charge on any atom is 0.329 e. The van der Waals surface area contributed by atoms with Crippen molar-refractivity contribution in [3.8, 4) is 11.5 Å². The molecule has 0 saturated heterocycles. The number of aromatic hydroxyl groups is 1. The van der Waals surface area contributed by atoms with Gasteiger partial charge in [0.25, 0.3) is 0 Å². The van der Waals surface area contributed by atoms with Crippen LogP contribution in [0.4, 0.5) is 0 Å². The highest BCUT2D eigenvalue weighted by Crippen LogP contribution is 2.25. The van der Waals surface area contributed by atoms with Crippen LogP contribution in [0.25, 0.3) is 0 Å². The van der Waals surface area contributed by atoms with Gasteiger partial charge >= 0.3 is 5.97 Å². The molecule has 6 nitrogen and oxygen atoms in total. The van der Waals surface area contributed by atoms with E-state index in [9.17, 15) is 4.79 Å². The molecule has 0 spiro atoms. The van der Waals surface area contributed by atoms with Crippen molar-refractivity contribution < 1.29 is 29.6 Å². The van der Waals surface area contributed by atoms with Crippen molar-refractivity contribution in [3.63, 3.8) is 0 Å². The molecule has 1 rings (SSSR count). The number of carboxylic acids is 1. The van der Waals surface area contributed by atoms with Crippen molar-refractivity contribution in [1.29, 1.82) is 0 Å². The number of hydrogen-bond donors (Lipinski definition) is 3. The number of carbonyl (C=O) groups is 2. The van der Waals surface area contributed by atoms with E-state index in [1.807, 2.05) is 0 Å². The molecule has 0 unspecified atom stereocenters. The van der Waals surface area contributed by atoms with E-state index in [2.05, 4.69) is 0 Å². The lowest BCUT2D eigenvalue weighted by atomic mass is 10.2. The first kappa shape index (κ1) is 13.9. The van der Waals surface area contributed by atoms with Crippen LogP contribution in [0.1, 0.15) is 10.4 Å². The van der Waals surface area contributed by atoms with Crippen molar-refractivity contribution in [2.24, 2.45) is 0 Å². The number of ether oxygens (including phenoxy) is 1. The van der Waals surface area contributed by atoms with Gasteiger partial charge in [-0.1, -0.05) is 0 Å². The van der Waals surface area contributed by atoms with Gasteiger partial charge in [0.15, 0.2) is 11.5 Å².